The van der Waals surface area contributed by atoms with Crippen molar-refractivity contribution in [3.63, 3.8) is 0 Å². The number of H-pyrrole nitrogens is 1. The number of esters is 2. The molecule has 2 rings (SSSR count). The van der Waals surface area contributed by atoms with Crippen LogP contribution in [0.3, 0.4) is 0 Å². The lowest BCUT2D eigenvalue weighted by Gasteiger charge is -2.17. The van der Waals surface area contributed by atoms with Crippen molar-refractivity contribution in [3.05, 3.63) is 16.7 Å². The molecule has 0 fully saturated rings. The second kappa shape index (κ2) is 8.97. The highest BCUT2D eigenvalue weighted by atomic mass is 16.5. The van der Waals surface area contributed by atoms with E-state index < -0.39 is 5.56 Å². The summed E-state index contributed by atoms with van der Waals surface area (Å²) in [4.78, 5) is 45.1. The summed E-state index contributed by atoms with van der Waals surface area (Å²) in [5.41, 5.74) is 5.71. The summed E-state index contributed by atoms with van der Waals surface area (Å²) in [6, 6.07) is 0. The molecule has 0 amide bonds. The maximum absolute atomic E-state index is 11.9. The zero-order chi connectivity index (χ0) is 19.1. The van der Waals surface area contributed by atoms with Crippen molar-refractivity contribution in [3.8, 4) is 0 Å². The average Bonchev–Trinajstić information content (AvgIpc) is 3.01. The number of aromatic amines is 1. The van der Waals surface area contributed by atoms with E-state index in [-0.39, 0.29) is 49.0 Å². The van der Waals surface area contributed by atoms with Crippen molar-refractivity contribution in [2.45, 2.75) is 39.7 Å². The van der Waals surface area contributed by atoms with E-state index in [1.165, 1.54) is 6.33 Å². The molecule has 1 atom stereocenters. The number of nitrogens with one attached hydrogen (secondary N) is 1. The predicted octanol–water partition coefficient (Wildman–Crippen LogP) is 0.615. The standard InChI is InChI=1S/C16H23N5O5/c1-3-11(22)25-6-5-10(8-26-12(23)4-2)7-21-9-18-13-14(21)19-16(17)20-15(13)24/h9-10H,3-8H2,1-2H3,(H3,17,19,20,24). The Morgan fingerprint density at radius 3 is 2.65 bits per heavy atom. The highest BCUT2D eigenvalue weighted by Gasteiger charge is 2.17. The van der Waals surface area contributed by atoms with Gasteiger partial charge < -0.3 is 19.8 Å². The summed E-state index contributed by atoms with van der Waals surface area (Å²) in [6.07, 6.45) is 2.55. The number of ether oxygens (including phenoxy) is 2. The number of hydrogen-bond acceptors (Lipinski definition) is 8. The Morgan fingerprint density at radius 1 is 1.27 bits per heavy atom. The smallest absolute Gasteiger partial charge is 0.305 e. The van der Waals surface area contributed by atoms with Crippen LogP contribution < -0.4 is 11.3 Å². The van der Waals surface area contributed by atoms with Crippen molar-refractivity contribution < 1.29 is 19.1 Å². The number of hydrogen-bond donors (Lipinski definition) is 2. The summed E-state index contributed by atoms with van der Waals surface area (Å²) < 4.78 is 12.0. The summed E-state index contributed by atoms with van der Waals surface area (Å²) in [5, 5.41) is 0. The maximum atomic E-state index is 11.9. The number of carbonyl (C=O) groups is 2. The van der Waals surface area contributed by atoms with Gasteiger partial charge >= 0.3 is 11.9 Å². The van der Waals surface area contributed by atoms with Crippen LogP contribution >= 0.6 is 0 Å². The number of nitrogens with zero attached hydrogens (tertiary/aromatic N) is 3. The molecule has 0 aliphatic carbocycles. The van der Waals surface area contributed by atoms with E-state index in [4.69, 9.17) is 15.2 Å². The largest absolute Gasteiger partial charge is 0.466 e. The molecular weight excluding hydrogens is 342 g/mol. The Hall–Kier alpha value is -2.91. The molecule has 142 valence electrons. The number of imidazole rings is 1. The first-order valence-electron chi connectivity index (χ1n) is 8.46. The third-order valence-corrected chi connectivity index (χ3v) is 3.79. The quantitative estimate of drug-likeness (QED) is 0.616. The van der Waals surface area contributed by atoms with Crippen LogP contribution in [0, 0.1) is 5.92 Å². The topological polar surface area (TPSA) is 142 Å². The van der Waals surface area contributed by atoms with Gasteiger partial charge in [0.15, 0.2) is 11.2 Å². The molecular formula is C16H23N5O5. The van der Waals surface area contributed by atoms with Crippen LogP contribution in [-0.2, 0) is 25.6 Å². The Labute approximate surface area is 149 Å². The van der Waals surface area contributed by atoms with Crippen LogP contribution in [0.2, 0.25) is 0 Å². The van der Waals surface area contributed by atoms with Crippen molar-refractivity contribution >= 4 is 29.1 Å². The lowest BCUT2D eigenvalue weighted by atomic mass is 10.1. The van der Waals surface area contributed by atoms with Gasteiger partial charge in [-0.25, -0.2) is 4.98 Å². The van der Waals surface area contributed by atoms with E-state index in [2.05, 4.69) is 15.0 Å². The fourth-order valence-electron chi connectivity index (χ4n) is 2.36. The SMILES string of the molecule is CCC(=O)OCCC(COC(=O)CC)Cn1cnc2c(=O)[nH]c(N)nc21. The zero-order valence-electron chi connectivity index (χ0n) is 14.9. The molecule has 0 aromatic carbocycles. The van der Waals surface area contributed by atoms with Gasteiger partial charge in [-0.2, -0.15) is 4.98 Å². The molecule has 0 spiro atoms. The van der Waals surface area contributed by atoms with Gasteiger partial charge in [-0.1, -0.05) is 13.8 Å². The molecule has 1 unspecified atom stereocenters. The normalized spacial score (nSPS) is 12.1. The lowest BCUT2D eigenvalue weighted by Crippen LogP contribution is -2.21. The molecule has 10 nitrogen and oxygen atoms in total. The Morgan fingerprint density at radius 2 is 1.96 bits per heavy atom. The van der Waals surface area contributed by atoms with Crippen LogP contribution in [0.5, 0.6) is 0 Å². The first kappa shape index (κ1) is 19.4. The minimum atomic E-state index is -0.419. The van der Waals surface area contributed by atoms with E-state index in [0.717, 1.165) is 0 Å². The van der Waals surface area contributed by atoms with E-state index >= 15 is 0 Å². The van der Waals surface area contributed by atoms with Gasteiger partial charge in [-0.05, 0) is 6.42 Å². The van der Waals surface area contributed by atoms with Gasteiger partial charge in [-0.15, -0.1) is 0 Å². The van der Waals surface area contributed by atoms with Gasteiger partial charge in [0.25, 0.3) is 5.56 Å². The first-order valence-corrected chi connectivity index (χ1v) is 8.46. The second-order valence-corrected chi connectivity index (χ2v) is 5.79. The van der Waals surface area contributed by atoms with Gasteiger partial charge in [0.05, 0.1) is 19.5 Å². The number of aromatic nitrogens is 4. The molecule has 0 saturated heterocycles. The third-order valence-electron chi connectivity index (χ3n) is 3.79. The summed E-state index contributed by atoms with van der Waals surface area (Å²) >= 11 is 0. The van der Waals surface area contributed by atoms with Crippen LogP contribution in [0.25, 0.3) is 11.2 Å². The highest BCUT2D eigenvalue weighted by Crippen LogP contribution is 2.14. The van der Waals surface area contributed by atoms with E-state index in [1.54, 1.807) is 18.4 Å². The van der Waals surface area contributed by atoms with Crippen LogP contribution in [0.1, 0.15) is 33.1 Å². The van der Waals surface area contributed by atoms with Crippen LogP contribution in [-0.4, -0.2) is 44.7 Å². The minimum Gasteiger partial charge on any atom is -0.466 e. The van der Waals surface area contributed by atoms with Crippen LogP contribution in [0.4, 0.5) is 5.95 Å². The summed E-state index contributed by atoms with van der Waals surface area (Å²) in [6.45, 7) is 4.18. The second-order valence-electron chi connectivity index (χ2n) is 5.79. The van der Waals surface area contributed by atoms with Gasteiger partial charge in [0.1, 0.15) is 0 Å². The summed E-state index contributed by atoms with van der Waals surface area (Å²) in [7, 11) is 0. The van der Waals surface area contributed by atoms with Crippen LogP contribution in [0.15, 0.2) is 11.1 Å². The first-order chi connectivity index (χ1) is 12.4. The molecule has 3 N–H and O–H groups in total. The molecule has 0 saturated carbocycles. The minimum absolute atomic E-state index is 0.00455. The lowest BCUT2D eigenvalue weighted by molar-refractivity contribution is -0.147. The molecule has 2 aromatic rings. The van der Waals surface area contributed by atoms with E-state index in [0.29, 0.717) is 25.0 Å². The Kier molecular flexibility index (Phi) is 6.70. The molecule has 2 aromatic heterocycles. The van der Waals surface area contributed by atoms with Gasteiger partial charge in [0, 0.05) is 25.3 Å². The molecule has 2 heterocycles. The number of carbonyl (C=O) groups excluding carboxylic acids is 2. The number of nitrogen functional groups attached to an aromatic ring is 1. The number of rotatable bonds is 9. The average molecular weight is 365 g/mol. The molecule has 26 heavy (non-hydrogen) atoms. The maximum Gasteiger partial charge on any atom is 0.305 e. The zero-order valence-corrected chi connectivity index (χ0v) is 14.9. The molecule has 0 aliphatic heterocycles. The number of anilines is 1. The third kappa shape index (κ3) is 5.04. The van der Waals surface area contributed by atoms with E-state index in [9.17, 15) is 14.4 Å². The monoisotopic (exact) mass is 365 g/mol. The molecule has 0 radical (unpaired) electrons. The Balaban J connectivity index is 2.13. The van der Waals surface area contributed by atoms with Gasteiger partial charge in [-0.3, -0.25) is 19.4 Å². The summed E-state index contributed by atoms with van der Waals surface area (Å²) in [5.74, 6) is -0.747. The number of nitrogens with two attached hydrogens (primary N) is 1. The van der Waals surface area contributed by atoms with Crippen molar-refractivity contribution in [1.82, 2.24) is 19.5 Å². The molecule has 10 heteroatoms. The highest BCUT2D eigenvalue weighted by molar-refractivity contribution is 5.70. The van der Waals surface area contributed by atoms with Crippen molar-refractivity contribution in [2.24, 2.45) is 5.92 Å². The van der Waals surface area contributed by atoms with Crippen molar-refractivity contribution in [2.75, 3.05) is 18.9 Å². The fourth-order valence-corrected chi connectivity index (χ4v) is 2.36. The van der Waals surface area contributed by atoms with E-state index in [1.807, 2.05) is 0 Å². The molecule has 0 aliphatic rings. The fraction of sp³-hybridized carbons (Fsp3) is 0.562. The number of fused-ring (bicyclic) bond motifs is 1. The van der Waals surface area contributed by atoms with Gasteiger partial charge in [0.2, 0.25) is 5.95 Å². The molecule has 0 bridgehead atoms. The predicted molar refractivity (Wildman–Crippen MR) is 93.2 cm³/mol. The Bertz CT molecular complexity index is 828. The van der Waals surface area contributed by atoms with Crippen molar-refractivity contribution in [1.29, 1.82) is 0 Å².